The lowest BCUT2D eigenvalue weighted by atomic mass is 10.1. The van der Waals surface area contributed by atoms with Gasteiger partial charge in [0.2, 0.25) is 0 Å². The average Bonchev–Trinajstić information content (AvgIpc) is 3.04. The first-order chi connectivity index (χ1) is 8.72. The minimum atomic E-state index is -0.263. The number of aromatic nitrogens is 1. The summed E-state index contributed by atoms with van der Waals surface area (Å²) >= 11 is 0. The molecule has 2 aromatic rings. The monoisotopic (exact) mass is 244 g/mol. The Morgan fingerprint density at radius 3 is 2.61 bits per heavy atom. The number of amides is 1. The first-order valence-corrected chi connectivity index (χ1v) is 5.97. The van der Waals surface area contributed by atoms with Gasteiger partial charge in [-0.15, -0.1) is 0 Å². The van der Waals surface area contributed by atoms with Crippen LogP contribution in [-0.4, -0.2) is 16.9 Å². The average molecular weight is 244 g/mol. The Morgan fingerprint density at radius 2 is 1.94 bits per heavy atom. The second-order valence-corrected chi connectivity index (χ2v) is 4.56. The van der Waals surface area contributed by atoms with Crippen molar-refractivity contribution in [2.75, 3.05) is 0 Å². The van der Waals surface area contributed by atoms with E-state index in [2.05, 4.69) is 10.3 Å². The van der Waals surface area contributed by atoms with Crippen LogP contribution in [0.4, 0.5) is 4.39 Å². The largest absolute Gasteiger partial charge is 0.357 e. The molecule has 0 radical (unpaired) electrons. The van der Waals surface area contributed by atoms with Crippen LogP contribution in [0.2, 0.25) is 0 Å². The van der Waals surface area contributed by atoms with Gasteiger partial charge in [0.05, 0.1) is 0 Å². The van der Waals surface area contributed by atoms with E-state index in [-0.39, 0.29) is 11.7 Å². The number of H-pyrrole nitrogens is 1. The molecule has 2 N–H and O–H groups in total. The van der Waals surface area contributed by atoms with E-state index in [0.717, 1.165) is 24.0 Å². The molecule has 1 fully saturated rings. The summed E-state index contributed by atoms with van der Waals surface area (Å²) in [4.78, 5) is 14.7. The van der Waals surface area contributed by atoms with Gasteiger partial charge in [-0.25, -0.2) is 4.39 Å². The van der Waals surface area contributed by atoms with Crippen LogP contribution in [0.25, 0.3) is 11.1 Å². The predicted molar refractivity (Wildman–Crippen MR) is 66.7 cm³/mol. The van der Waals surface area contributed by atoms with Gasteiger partial charge in [-0.05, 0) is 42.2 Å². The minimum Gasteiger partial charge on any atom is -0.357 e. The van der Waals surface area contributed by atoms with Gasteiger partial charge in [0.1, 0.15) is 11.5 Å². The molecule has 18 heavy (non-hydrogen) atoms. The fourth-order valence-electron chi connectivity index (χ4n) is 1.83. The van der Waals surface area contributed by atoms with Crippen molar-refractivity contribution >= 4 is 5.91 Å². The summed E-state index contributed by atoms with van der Waals surface area (Å²) in [6, 6.07) is 8.33. The van der Waals surface area contributed by atoms with E-state index in [1.54, 1.807) is 24.4 Å². The van der Waals surface area contributed by atoms with Gasteiger partial charge in [-0.3, -0.25) is 4.79 Å². The molecule has 1 heterocycles. The first-order valence-electron chi connectivity index (χ1n) is 5.97. The molecule has 3 rings (SSSR count). The molecule has 3 nitrogen and oxygen atoms in total. The topological polar surface area (TPSA) is 44.9 Å². The molecule has 0 bridgehead atoms. The Morgan fingerprint density at radius 1 is 1.22 bits per heavy atom. The molecular formula is C14H13FN2O. The van der Waals surface area contributed by atoms with Crippen LogP contribution in [-0.2, 0) is 0 Å². The molecule has 0 atom stereocenters. The number of nitrogens with one attached hydrogen (secondary N) is 2. The zero-order valence-corrected chi connectivity index (χ0v) is 9.74. The summed E-state index contributed by atoms with van der Waals surface area (Å²) in [5.41, 5.74) is 2.32. The van der Waals surface area contributed by atoms with E-state index in [9.17, 15) is 9.18 Å². The van der Waals surface area contributed by atoms with Crippen LogP contribution in [0.1, 0.15) is 23.3 Å². The quantitative estimate of drug-likeness (QED) is 0.856. The minimum absolute atomic E-state index is 0.0779. The molecular weight excluding hydrogens is 231 g/mol. The standard InChI is InChI=1S/C14H13FN2O/c15-11-3-1-9(2-4-11)10-7-13(16-8-10)14(18)17-12-5-6-12/h1-4,7-8,12,16H,5-6H2,(H,17,18). The van der Waals surface area contributed by atoms with Gasteiger partial charge in [-0.2, -0.15) is 0 Å². The highest BCUT2D eigenvalue weighted by atomic mass is 19.1. The second kappa shape index (κ2) is 4.29. The van der Waals surface area contributed by atoms with Gasteiger partial charge < -0.3 is 10.3 Å². The summed E-state index contributed by atoms with van der Waals surface area (Å²) in [6.07, 6.45) is 3.89. The number of halogens is 1. The number of aromatic amines is 1. The van der Waals surface area contributed by atoms with Crippen molar-refractivity contribution in [3.8, 4) is 11.1 Å². The molecule has 92 valence electrons. The number of rotatable bonds is 3. The van der Waals surface area contributed by atoms with Crippen molar-refractivity contribution in [3.05, 3.63) is 48.0 Å². The molecule has 1 saturated carbocycles. The maximum absolute atomic E-state index is 12.8. The fourth-order valence-corrected chi connectivity index (χ4v) is 1.83. The fraction of sp³-hybridized carbons (Fsp3) is 0.214. The molecule has 4 heteroatoms. The SMILES string of the molecule is O=C(NC1CC1)c1cc(-c2ccc(F)cc2)c[nH]1. The van der Waals surface area contributed by atoms with Gasteiger partial charge >= 0.3 is 0 Å². The maximum atomic E-state index is 12.8. The van der Waals surface area contributed by atoms with Gasteiger partial charge in [0, 0.05) is 12.2 Å². The second-order valence-electron chi connectivity index (χ2n) is 4.56. The molecule has 1 aromatic carbocycles. The molecule has 0 aliphatic heterocycles. The van der Waals surface area contributed by atoms with E-state index in [4.69, 9.17) is 0 Å². The molecule has 1 amide bonds. The number of hydrogen-bond acceptors (Lipinski definition) is 1. The van der Waals surface area contributed by atoms with Gasteiger partial charge in [-0.1, -0.05) is 12.1 Å². The van der Waals surface area contributed by atoms with E-state index < -0.39 is 0 Å². The lowest BCUT2D eigenvalue weighted by Gasteiger charge is -1.99. The van der Waals surface area contributed by atoms with Crippen LogP contribution in [0, 0.1) is 5.82 Å². The number of hydrogen-bond donors (Lipinski definition) is 2. The molecule has 0 unspecified atom stereocenters. The first kappa shape index (κ1) is 11.0. The third kappa shape index (κ3) is 2.27. The van der Waals surface area contributed by atoms with Crippen LogP contribution in [0.5, 0.6) is 0 Å². The number of carbonyl (C=O) groups is 1. The Labute approximate surface area is 104 Å². The summed E-state index contributed by atoms with van der Waals surface area (Å²) in [5.74, 6) is -0.341. The molecule has 0 spiro atoms. The van der Waals surface area contributed by atoms with E-state index in [1.807, 2.05) is 0 Å². The van der Waals surface area contributed by atoms with E-state index >= 15 is 0 Å². The molecule has 1 aliphatic carbocycles. The van der Waals surface area contributed by atoms with Crippen molar-refractivity contribution < 1.29 is 9.18 Å². The Kier molecular flexibility index (Phi) is 2.63. The van der Waals surface area contributed by atoms with Gasteiger partial charge in [0.25, 0.3) is 5.91 Å². The number of carbonyl (C=O) groups excluding carboxylic acids is 1. The van der Waals surface area contributed by atoms with Crippen LogP contribution < -0.4 is 5.32 Å². The molecule has 1 aromatic heterocycles. The van der Waals surface area contributed by atoms with Gasteiger partial charge in [0.15, 0.2) is 0 Å². The lowest BCUT2D eigenvalue weighted by Crippen LogP contribution is -2.25. The summed E-state index contributed by atoms with van der Waals surface area (Å²) in [5, 5.41) is 2.91. The Hall–Kier alpha value is -2.10. The predicted octanol–water partition coefficient (Wildman–Crippen LogP) is 2.71. The summed E-state index contributed by atoms with van der Waals surface area (Å²) in [7, 11) is 0. The normalized spacial score (nSPS) is 14.5. The third-order valence-electron chi connectivity index (χ3n) is 3.02. The molecule has 1 aliphatic rings. The maximum Gasteiger partial charge on any atom is 0.267 e. The highest BCUT2D eigenvalue weighted by molar-refractivity contribution is 5.94. The zero-order valence-electron chi connectivity index (χ0n) is 9.74. The van der Waals surface area contributed by atoms with Crippen LogP contribution in [0.3, 0.4) is 0 Å². The van der Waals surface area contributed by atoms with Crippen molar-refractivity contribution in [3.63, 3.8) is 0 Å². The van der Waals surface area contributed by atoms with E-state index in [1.165, 1.54) is 12.1 Å². The number of benzene rings is 1. The van der Waals surface area contributed by atoms with Crippen LogP contribution in [0.15, 0.2) is 36.5 Å². The summed E-state index contributed by atoms with van der Waals surface area (Å²) in [6.45, 7) is 0. The van der Waals surface area contributed by atoms with Crippen molar-refractivity contribution in [2.45, 2.75) is 18.9 Å². The van der Waals surface area contributed by atoms with Crippen molar-refractivity contribution in [1.82, 2.24) is 10.3 Å². The highest BCUT2D eigenvalue weighted by Gasteiger charge is 2.24. The van der Waals surface area contributed by atoms with Crippen LogP contribution >= 0.6 is 0 Å². The Balaban J connectivity index is 1.79. The molecule has 0 saturated heterocycles. The third-order valence-corrected chi connectivity index (χ3v) is 3.02. The lowest BCUT2D eigenvalue weighted by molar-refractivity contribution is 0.0946. The highest BCUT2D eigenvalue weighted by Crippen LogP contribution is 2.22. The summed E-state index contributed by atoms with van der Waals surface area (Å²) < 4.78 is 12.8. The van der Waals surface area contributed by atoms with E-state index in [0.29, 0.717) is 11.7 Å². The van der Waals surface area contributed by atoms with Crippen molar-refractivity contribution in [1.29, 1.82) is 0 Å². The zero-order chi connectivity index (χ0) is 12.5. The smallest absolute Gasteiger partial charge is 0.267 e. The Bertz CT molecular complexity index is 570. The van der Waals surface area contributed by atoms with Crippen molar-refractivity contribution in [2.24, 2.45) is 0 Å².